The van der Waals surface area contributed by atoms with Crippen molar-refractivity contribution in [3.63, 3.8) is 0 Å². The Hall–Kier alpha value is -0.810. The summed E-state index contributed by atoms with van der Waals surface area (Å²) >= 11 is 1.62. The highest BCUT2D eigenvalue weighted by molar-refractivity contribution is 7.99. The molecule has 1 heterocycles. The maximum Gasteiger partial charge on any atom is 0.133 e. The van der Waals surface area contributed by atoms with E-state index in [1.54, 1.807) is 11.8 Å². The van der Waals surface area contributed by atoms with Crippen molar-refractivity contribution in [2.24, 2.45) is 0 Å². The molecule has 108 valence electrons. The molecule has 1 aromatic heterocycles. The molecule has 2 unspecified atom stereocenters. The molecule has 0 fully saturated rings. The Morgan fingerprint density at radius 1 is 1.26 bits per heavy atom. The van der Waals surface area contributed by atoms with E-state index in [9.17, 15) is 5.11 Å². The minimum Gasteiger partial charge on any atom is -0.392 e. The molecule has 0 saturated carbocycles. The van der Waals surface area contributed by atoms with Crippen molar-refractivity contribution < 1.29 is 5.11 Å². The monoisotopic (exact) mass is 283 g/mol. The first-order chi connectivity index (χ1) is 8.99. The number of aryl methyl sites for hydroxylation is 1. The summed E-state index contributed by atoms with van der Waals surface area (Å²) in [6.45, 7) is 10.9. The summed E-state index contributed by atoms with van der Waals surface area (Å²) in [5.74, 6) is 1.80. The molecule has 1 aromatic rings. The first-order valence-corrected chi connectivity index (χ1v) is 7.83. The molecule has 0 saturated heterocycles. The van der Waals surface area contributed by atoms with Gasteiger partial charge in [-0.1, -0.05) is 13.8 Å². The average molecular weight is 283 g/mol. The molecule has 4 nitrogen and oxygen atoms in total. The summed E-state index contributed by atoms with van der Waals surface area (Å²) in [6, 6.07) is 0. The Bertz CT molecular complexity index is 410. The zero-order valence-electron chi connectivity index (χ0n) is 12.5. The first kappa shape index (κ1) is 16.2. The molecular formula is C14H25N3OS. The molecule has 0 spiro atoms. The van der Waals surface area contributed by atoms with E-state index >= 15 is 0 Å². The number of aliphatic hydroxyl groups is 1. The van der Waals surface area contributed by atoms with Crippen molar-refractivity contribution >= 4 is 17.6 Å². The predicted molar refractivity (Wildman–Crippen MR) is 81.9 cm³/mol. The number of anilines is 1. The van der Waals surface area contributed by atoms with Crippen LogP contribution in [0.3, 0.4) is 0 Å². The van der Waals surface area contributed by atoms with Gasteiger partial charge in [-0.3, -0.25) is 0 Å². The second-order valence-corrected chi connectivity index (χ2v) is 6.13. The van der Waals surface area contributed by atoms with Crippen LogP contribution in [-0.2, 0) is 6.42 Å². The van der Waals surface area contributed by atoms with E-state index in [1.165, 1.54) is 0 Å². The molecule has 0 aliphatic rings. The summed E-state index contributed by atoms with van der Waals surface area (Å²) in [5, 5.41) is 14.0. The van der Waals surface area contributed by atoms with Crippen LogP contribution in [0.25, 0.3) is 0 Å². The Morgan fingerprint density at radius 2 is 1.95 bits per heavy atom. The molecule has 1 rings (SSSR count). The van der Waals surface area contributed by atoms with Crippen LogP contribution in [0.15, 0.2) is 5.03 Å². The second-order valence-electron chi connectivity index (χ2n) is 4.76. The molecular weight excluding hydrogens is 258 g/mol. The largest absolute Gasteiger partial charge is 0.392 e. The lowest BCUT2D eigenvalue weighted by atomic mass is 10.3. The quantitative estimate of drug-likeness (QED) is 0.595. The fourth-order valence-electron chi connectivity index (χ4n) is 1.60. The Kier molecular flexibility index (Phi) is 6.58. The van der Waals surface area contributed by atoms with E-state index in [-0.39, 0.29) is 11.4 Å². The van der Waals surface area contributed by atoms with Crippen molar-refractivity contribution in [1.29, 1.82) is 0 Å². The lowest BCUT2D eigenvalue weighted by Crippen LogP contribution is -2.16. The van der Waals surface area contributed by atoms with Gasteiger partial charge in [-0.15, -0.1) is 11.8 Å². The molecule has 0 aliphatic heterocycles. The van der Waals surface area contributed by atoms with E-state index in [0.29, 0.717) is 0 Å². The molecule has 0 amide bonds. The van der Waals surface area contributed by atoms with E-state index in [4.69, 9.17) is 0 Å². The number of aliphatic hydroxyl groups excluding tert-OH is 1. The number of nitrogens with one attached hydrogen (secondary N) is 1. The summed E-state index contributed by atoms with van der Waals surface area (Å²) in [6.07, 6.45) is 1.57. The van der Waals surface area contributed by atoms with Gasteiger partial charge in [-0.05, 0) is 27.2 Å². The summed E-state index contributed by atoms with van der Waals surface area (Å²) in [4.78, 5) is 9.19. The molecule has 0 bridgehead atoms. The zero-order valence-corrected chi connectivity index (χ0v) is 13.3. The van der Waals surface area contributed by atoms with Gasteiger partial charge in [0.15, 0.2) is 0 Å². The zero-order chi connectivity index (χ0) is 14.4. The highest BCUT2D eigenvalue weighted by Gasteiger charge is 2.16. The van der Waals surface area contributed by atoms with Gasteiger partial charge >= 0.3 is 0 Å². The van der Waals surface area contributed by atoms with E-state index in [2.05, 4.69) is 29.1 Å². The molecule has 0 aliphatic carbocycles. The number of aromatic nitrogens is 2. The SMILES string of the molecule is CCCc1nc(NCC)c(C)c(SC(C)C(C)O)n1. The Morgan fingerprint density at radius 3 is 2.47 bits per heavy atom. The summed E-state index contributed by atoms with van der Waals surface area (Å²) in [5.41, 5.74) is 1.07. The van der Waals surface area contributed by atoms with Crippen molar-refractivity contribution in [2.45, 2.75) is 63.8 Å². The predicted octanol–water partition coefficient (Wildman–Crippen LogP) is 3.03. The smallest absolute Gasteiger partial charge is 0.133 e. The van der Waals surface area contributed by atoms with Crippen LogP contribution in [0.5, 0.6) is 0 Å². The third kappa shape index (κ3) is 4.66. The first-order valence-electron chi connectivity index (χ1n) is 6.95. The average Bonchev–Trinajstić information content (AvgIpc) is 2.35. The van der Waals surface area contributed by atoms with Gasteiger partial charge in [0.25, 0.3) is 0 Å². The van der Waals surface area contributed by atoms with Crippen molar-refractivity contribution in [3.8, 4) is 0 Å². The topological polar surface area (TPSA) is 58.0 Å². The van der Waals surface area contributed by atoms with E-state index in [1.807, 2.05) is 20.8 Å². The fourth-order valence-corrected chi connectivity index (χ4v) is 2.59. The van der Waals surface area contributed by atoms with Gasteiger partial charge in [0, 0.05) is 23.8 Å². The van der Waals surface area contributed by atoms with E-state index < -0.39 is 0 Å². The van der Waals surface area contributed by atoms with Crippen LogP contribution in [0.1, 0.15) is 45.5 Å². The van der Waals surface area contributed by atoms with Gasteiger partial charge in [0.2, 0.25) is 0 Å². The number of rotatable bonds is 7. The van der Waals surface area contributed by atoms with Gasteiger partial charge in [0.05, 0.1) is 6.10 Å². The van der Waals surface area contributed by atoms with Gasteiger partial charge < -0.3 is 10.4 Å². The van der Waals surface area contributed by atoms with Crippen molar-refractivity contribution in [2.75, 3.05) is 11.9 Å². The van der Waals surface area contributed by atoms with Crippen LogP contribution >= 0.6 is 11.8 Å². The van der Waals surface area contributed by atoms with E-state index in [0.717, 1.165) is 41.6 Å². The fraction of sp³-hybridized carbons (Fsp3) is 0.714. The normalized spacial score (nSPS) is 14.2. The summed E-state index contributed by atoms with van der Waals surface area (Å²) < 4.78 is 0. The van der Waals surface area contributed by atoms with Gasteiger partial charge in [0.1, 0.15) is 16.7 Å². The molecule has 0 radical (unpaired) electrons. The highest BCUT2D eigenvalue weighted by atomic mass is 32.2. The maximum absolute atomic E-state index is 9.64. The summed E-state index contributed by atoms with van der Waals surface area (Å²) in [7, 11) is 0. The molecule has 2 N–H and O–H groups in total. The van der Waals surface area contributed by atoms with Crippen molar-refractivity contribution in [3.05, 3.63) is 11.4 Å². The maximum atomic E-state index is 9.64. The van der Waals surface area contributed by atoms with Crippen LogP contribution < -0.4 is 5.32 Å². The highest BCUT2D eigenvalue weighted by Crippen LogP contribution is 2.29. The van der Waals surface area contributed by atoms with Gasteiger partial charge in [-0.25, -0.2) is 9.97 Å². The second kappa shape index (κ2) is 7.70. The van der Waals surface area contributed by atoms with Crippen LogP contribution in [0.4, 0.5) is 5.82 Å². The third-order valence-corrected chi connectivity index (χ3v) is 4.33. The standard InChI is InChI=1S/C14H25N3OS/c1-6-8-12-16-13(15-7-2)9(3)14(17-12)19-11(5)10(4)18/h10-11,18H,6-8H2,1-5H3,(H,15,16,17). The number of thioether (sulfide) groups is 1. The van der Waals surface area contributed by atoms with Crippen LogP contribution in [0.2, 0.25) is 0 Å². The lowest BCUT2D eigenvalue weighted by molar-refractivity contribution is 0.196. The molecule has 0 aromatic carbocycles. The van der Waals surface area contributed by atoms with Crippen molar-refractivity contribution in [1.82, 2.24) is 9.97 Å². The van der Waals surface area contributed by atoms with Gasteiger partial charge in [-0.2, -0.15) is 0 Å². The lowest BCUT2D eigenvalue weighted by Gasteiger charge is -2.17. The number of nitrogens with zero attached hydrogens (tertiary/aromatic N) is 2. The van der Waals surface area contributed by atoms with Crippen LogP contribution in [-0.4, -0.2) is 33.0 Å². The number of hydrogen-bond donors (Lipinski definition) is 2. The molecule has 5 heteroatoms. The Labute approximate surface area is 120 Å². The molecule has 2 atom stereocenters. The molecule has 19 heavy (non-hydrogen) atoms. The number of hydrogen-bond acceptors (Lipinski definition) is 5. The third-order valence-electron chi connectivity index (χ3n) is 2.94. The van der Waals surface area contributed by atoms with Crippen LogP contribution in [0, 0.1) is 6.92 Å². The minimum absolute atomic E-state index is 0.123. The minimum atomic E-state index is -0.350. The Balaban J connectivity index is 3.06.